The molecule has 0 bridgehead atoms. The van der Waals surface area contributed by atoms with E-state index >= 15 is 0 Å². The lowest BCUT2D eigenvalue weighted by Gasteiger charge is -2.18. The van der Waals surface area contributed by atoms with Crippen LogP contribution in [-0.2, 0) is 29.7 Å². The van der Waals surface area contributed by atoms with Gasteiger partial charge in [0.2, 0.25) is 0 Å². The van der Waals surface area contributed by atoms with Crippen LogP contribution in [0.2, 0.25) is 0 Å². The lowest BCUT2D eigenvalue weighted by atomic mass is 10.2. The van der Waals surface area contributed by atoms with E-state index in [1.807, 2.05) is 0 Å². The number of furan rings is 1. The zero-order chi connectivity index (χ0) is 18.9. The molecule has 0 amide bonds. The van der Waals surface area contributed by atoms with Crippen molar-refractivity contribution in [3.63, 3.8) is 0 Å². The van der Waals surface area contributed by atoms with Crippen molar-refractivity contribution >= 4 is 36.3 Å². The van der Waals surface area contributed by atoms with Crippen LogP contribution in [0.4, 0.5) is 0 Å². The van der Waals surface area contributed by atoms with Gasteiger partial charge < -0.3 is 18.2 Å². The monoisotopic (exact) mass is 387 g/mol. The van der Waals surface area contributed by atoms with E-state index in [1.54, 1.807) is 33.8 Å². The van der Waals surface area contributed by atoms with Crippen molar-refractivity contribution in [2.24, 2.45) is 4.99 Å². The maximum Gasteiger partial charge on any atom is 0.365 e. The lowest BCUT2D eigenvalue weighted by molar-refractivity contribution is -0.137. The van der Waals surface area contributed by atoms with Gasteiger partial charge in [0, 0.05) is 11.6 Å². The Kier molecular flexibility index (Phi) is 8.97. The van der Waals surface area contributed by atoms with Crippen molar-refractivity contribution < 1.29 is 27.6 Å². The minimum atomic E-state index is -3.76. The van der Waals surface area contributed by atoms with Gasteiger partial charge in [0.15, 0.2) is 0 Å². The molecule has 0 spiro atoms. The van der Waals surface area contributed by atoms with Gasteiger partial charge in [-0.05, 0) is 46.0 Å². The van der Waals surface area contributed by atoms with E-state index in [0.717, 1.165) is 11.6 Å². The molecule has 0 fully saturated rings. The number of isothiocyanates is 1. The van der Waals surface area contributed by atoms with Gasteiger partial charge in [0.05, 0.1) is 31.5 Å². The third kappa shape index (κ3) is 6.03. The van der Waals surface area contributed by atoms with E-state index in [-0.39, 0.29) is 37.4 Å². The zero-order valence-electron chi connectivity index (χ0n) is 14.7. The summed E-state index contributed by atoms with van der Waals surface area (Å²) in [5.41, 5.74) is 0.724. The van der Waals surface area contributed by atoms with Crippen LogP contribution < -0.4 is 0 Å². The standard InChI is InChI=1S/C16H22NO6PS/c1-5-20-16(18)9-15(24(19,21-6-2)22-7-3)14-8-13(10-17-11-25)12(4)23-14/h8-9H,5-7,10H2,1-4H3. The quantitative estimate of drug-likeness (QED) is 0.194. The van der Waals surface area contributed by atoms with E-state index in [9.17, 15) is 9.36 Å². The number of ether oxygens (including phenoxy) is 1. The Labute approximate surface area is 152 Å². The van der Waals surface area contributed by atoms with Crippen LogP contribution >= 0.6 is 19.8 Å². The Balaban J connectivity index is 3.43. The normalized spacial score (nSPS) is 11.9. The van der Waals surface area contributed by atoms with Gasteiger partial charge in [-0.1, -0.05) is 0 Å². The molecule has 9 heteroatoms. The Hall–Kier alpha value is -1.56. The predicted molar refractivity (Wildman–Crippen MR) is 97.6 cm³/mol. The zero-order valence-corrected chi connectivity index (χ0v) is 16.4. The second-order valence-electron chi connectivity index (χ2n) is 4.71. The molecule has 25 heavy (non-hydrogen) atoms. The summed E-state index contributed by atoms with van der Waals surface area (Å²) >= 11 is 4.56. The summed E-state index contributed by atoms with van der Waals surface area (Å²) in [7, 11) is -3.76. The number of carbonyl (C=O) groups excluding carboxylic acids is 1. The molecule has 1 rings (SSSR count). The third-order valence-electron chi connectivity index (χ3n) is 3.02. The van der Waals surface area contributed by atoms with Crippen molar-refractivity contribution in [3.8, 4) is 0 Å². The molecule has 0 saturated carbocycles. The van der Waals surface area contributed by atoms with Crippen LogP contribution in [-0.4, -0.2) is 31.0 Å². The van der Waals surface area contributed by atoms with E-state index < -0.39 is 13.6 Å². The molecule has 1 aromatic heterocycles. The summed E-state index contributed by atoms with van der Waals surface area (Å²) in [4.78, 5) is 15.8. The van der Waals surface area contributed by atoms with Crippen molar-refractivity contribution in [1.82, 2.24) is 0 Å². The molecule has 0 atom stereocenters. The second kappa shape index (κ2) is 10.4. The SMILES string of the molecule is CCOC(=O)C=C(c1cc(CN=C=S)c(C)o1)P(=O)(OCC)OCC. The van der Waals surface area contributed by atoms with Crippen molar-refractivity contribution in [1.29, 1.82) is 0 Å². The van der Waals surface area contributed by atoms with Gasteiger partial charge >= 0.3 is 13.6 Å². The third-order valence-corrected chi connectivity index (χ3v) is 5.29. The number of hydrogen-bond acceptors (Lipinski definition) is 8. The fraction of sp³-hybridized carbons (Fsp3) is 0.500. The molecule has 0 aliphatic heterocycles. The van der Waals surface area contributed by atoms with Gasteiger partial charge in [-0.3, -0.25) is 4.57 Å². The van der Waals surface area contributed by atoms with Gasteiger partial charge in [-0.2, -0.15) is 0 Å². The number of aliphatic imine (C=N–C) groups is 1. The fourth-order valence-electron chi connectivity index (χ4n) is 2.02. The van der Waals surface area contributed by atoms with E-state index in [0.29, 0.717) is 5.76 Å². The Bertz CT molecular complexity index is 710. The molecule has 1 heterocycles. The average molecular weight is 387 g/mol. The maximum absolute atomic E-state index is 13.2. The van der Waals surface area contributed by atoms with Gasteiger partial charge in [0.25, 0.3) is 0 Å². The van der Waals surface area contributed by atoms with Crippen LogP contribution in [0.3, 0.4) is 0 Å². The smallest absolute Gasteiger partial charge is 0.365 e. The molecule has 7 nitrogen and oxygen atoms in total. The summed E-state index contributed by atoms with van der Waals surface area (Å²) in [5, 5.41) is 2.29. The van der Waals surface area contributed by atoms with Crippen molar-refractivity contribution in [2.45, 2.75) is 34.2 Å². The van der Waals surface area contributed by atoms with E-state index in [2.05, 4.69) is 22.4 Å². The van der Waals surface area contributed by atoms with Crippen molar-refractivity contribution in [3.05, 3.63) is 29.2 Å². The number of hydrogen-bond donors (Lipinski definition) is 0. The summed E-state index contributed by atoms with van der Waals surface area (Å²) in [5.74, 6) is 0.0910. The minimum Gasteiger partial charge on any atom is -0.463 e. The first kappa shape index (κ1) is 21.5. The molecule has 0 N–H and O–H groups in total. The summed E-state index contributed by atoms with van der Waals surface area (Å²) in [6, 6.07) is 1.63. The molecule has 138 valence electrons. The number of nitrogens with zero attached hydrogens (tertiary/aromatic N) is 1. The Morgan fingerprint density at radius 2 is 1.96 bits per heavy atom. The molecule has 0 saturated heterocycles. The molecule has 1 aromatic rings. The topological polar surface area (TPSA) is 87.3 Å². The highest BCUT2D eigenvalue weighted by Crippen LogP contribution is 2.60. The number of carbonyl (C=O) groups is 1. The first-order chi connectivity index (χ1) is 11.9. The van der Waals surface area contributed by atoms with Gasteiger partial charge in [-0.25, -0.2) is 9.79 Å². The molecule has 0 aliphatic carbocycles. The number of rotatable bonds is 10. The first-order valence-electron chi connectivity index (χ1n) is 7.83. The first-order valence-corrected chi connectivity index (χ1v) is 9.78. The van der Waals surface area contributed by atoms with Crippen LogP contribution in [0.1, 0.15) is 37.9 Å². The number of aryl methyl sites for hydroxylation is 1. The highest BCUT2D eigenvalue weighted by atomic mass is 32.1. The number of esters is 1. The van der Waals surface area contributed by atoms with Crippen LogP contribution in [0.25, 0.3) is 5.31 Å². The minimum absolute atomic E-state index is 0.00957. The highest BCUT2D eigenvalue weighted by Gasteiger charge is 2.34. The van der Waals surface area contributed by atoms with Gasteiger partial charge in [-0.15, -0.1) is 0 Å². The average Bonchev–Trinajstić information content (AvgIpc) is 2.91. The molecule has 0 aromatic carbocycles. The summed E-state index contributed by atoms with van der Waals surface area (Å²) < 4.78 is 34.4. The molecular formula is C16H22NO6PS. The molecular weight excluding hydrogens is 365 g/mol. The maximum atomic E-state index is 13.2. The largest absolute Gasteiger partial charge is 0.463 e. The van der Waals surface area contributed by atoms with Crippen molar-refractivity contribution in [2.75, 3.05) is 19.8 Å². The second-order valence-corrected chi connectivity index (χ2v) is 6.89. The Morgan fingerprint density at radius 3 is 2.48 bits per heavy atom. The number of thiocarbonyl (C=S) groups is 1. The summed E-state index contributed by atoms with van der Waals surface area (Å²) in [6.45, 7) is 7.49. The lowest BCUT2D eigenvalue weighted by Crippen LogP contribution is -2.04. The van der Waals surface area contributed by atoms with Crippen LogP contribution in [0, 0.1) is 6.92 Å². The van der Waals surface area contributed by atoms with E-state index in [4.69, 9.17) is 18.2 Å². The molecule has 0 unspecified atom stereocenters. The molecule has 0 aliphatic rings. The van der Waals surface area contributed by atoms with E-state index in [1.165, 1.54) is 0 Å². The van der Waals surface area contributed by atoms with Gasteiger partial charge in [0.1, 0.15) is 16.8 Å². The predicted octanol–water partition coefficient (Wildman–Crippen LogP) is 4.36. The Morgan fingerprint density at radius 1 is 1.32 bits per heavy atom. The molecule has 0 radical (unpaired) electrons. The van der Waals surface area contributed by atoms with Crippen LogP contribution in [0.15, 0.2) is 21.6 Å². The highest BCUT2D eigenvalue weighted by molar-refractivity contribution is 7.78. The summed E-state index contributed by atoms with van der Waals surface area (Å²) in [6.07, 6.45) is 1.08. The fourth-order valence-corrected chi connectivity index (χ4v) is 3.76. The van der Waals surface area contributed by atoms with Crippen LogP contribution in [0.5, 0.6) is 0 Å².